The van der Waals surface area contributed by atoms with Gasteiger partial charge in [-0.15, -0.1) is 0 Å². The van der Waals surface area contributed by atoms with Crippen molar-refractivity contribution < 1.29 is 5.11 Å². The van der Waals surface area contributed by atoms with Gasteiger partial charge in [-0.25, -0.2) is 4.98 Å². The van der Waals surface area contributed by atoms with E-state index in [1.54, 1.807) is 0 Å². The largest absolute Gasteiger partial charge is 0.393 e. The van der Waals surface area contributed by atoms with Gasteiger partial charge in [-0.1, -0.05) is 20.8 Å². The molecule has 1 heterocycles. The van der Waals surface area contributed by atoms with E-state index in [0.29, 0.717) is 5.92 Å². The number of nitrogens with one attached hydrogen (secondary N) is 1. The minimum absolute atomic E-state index is 0.0192. The Labute approximate surface area is 113 Å². The second-order valence-electron chi connectivity index (χ2n) is 6.23. The van der Waals surface area contributed by atoms with E-state index in [4.69, 9.17) is 0 Å². The molecule has 1 aromatic rings. The fourth-order valence-corrected chi connectivity index (χ4v) is 2.94. The predicted octanol–water partition coefficient (Wildman–Crippen LogP) is 2.80. The number of hydrogen-bond donors (Lipinski definition) is 2. The molecular formula is C13H23N3OS. The van der Waals surface area contributed by atoms with Gasteiger partial charge in [0.1, 0.15) is 5.82 Å². The van der Waals surface area contributed by atoms with E-state index in [1.165, 1.54) is 11.5 Å². The van der Waals surface area contributed by atoms with Gasteiger partial charge in [0.25, 0.3) is 0 Å². The van der Waals surface area contributed by atoms with Crippen LogP contribution in [0.25, 0.3) is 0 Å². The summed E-state index contributed by atoms with van der Waals surface area (Å²) in [6, 6.07) is 0. The minimum Gasteiger partial charge on any atom is -0.393 e. The summed E-state index contributed by atoms with van der Waals surface area (Å²) in [5.41, 5.74) is 0.0192. The van der Waals surface area contributed by atoms with Crippen LogP contribution in [0.15, 0.2) is 0 Å². The predicted molar refractivity (Wildman–Crippen MR) is 75.1 cm³/mol. The number of hydrogen-bond acceptors (Lipinski definition) is 5. The first-order valence-corrected chi connectivity index (χ1v) is 7.48. The lowest BCUT2D eigenvalue weighted by Crippen LogP contribution is -2.23. The number of rotatable bonds is 3. The van der Waals surface area contributed by atoms with Crippen LogP contribution in [0.5, 0.6) is 0 Å². The topological polar surface area (TPSA) is 58.0 Å². The molecule has 0 amide bonds. The maximum atomic E-state index is 9.46. The molecule has 0 bridgehead atoms. The quantitative estimate of drug-likeness (QED) is 0.886. The van der Waals surface area contributed by atoms with E-state index in [0.717, 1.165) is 43.2 Å². The van der Waals surface area contributed by atoms with Crippen LogP contribution in [0.1, 0.15) is 52.3 Å². The van der Waals surface area contributed by atoms with Crippen LogP contribution < -0.4 is 5.32 Å². The molecule has 4 nitrogen and oxygen atoms in total. The highest BCUT2D eigenvalue weighted by Crippen LogP contribution is 2.26. The van der Waals surface area contributed by atoms with Crippen LogP contribution in [0, 0.1) is 5.92 Å². The van der Waals surface area contributed by atoms with Crippen LogP contribution in [0.2, 0.25) is 0 Å². The molecule has 2 rings (SSSR count). The van der Waals surface area contributed by atoms with Gasteiger partial charge < -0.3 is 10.4 Å². The molecule has 102 valence electrons. The Morgan fingerprint density at radius 1 is 1.28 bits per heavy atom. The Hall–Kier alpha value is -0.680. The van der Waals surface area contributed by atoms with Gasteiger partial charge >= 0.3 is 0 Å². The van der Waals surface area contributed by atoms with Crippen molar-refractivity contribution >= 4 is 16.7 Å². The van der Waals surface area contributed by atoms with E-state index < -0.39 is 0 Å². The maximum Gasteiger partial charge on any atom is 0.202 e. The highest BCUT2D eigenvalue weighted by Gasteiger charge is 2.21. The number of aliphatic hydroxyl groups excluding tert-OH is 1. The van der Waals surface area contributed by atoms with Gasteiger partial charge in [0.05, 0.1) is 6.10 Å². The van der Waals surface area contributed by atoms with Crippen molar-refractivity contribution in [1.82, 2.24) is 9.36 Å². The van der Waals surface area contributed by atoms with Crippen molar-refractivity contribution in [2.75, 3.05) is 11.9 Å². The van der Waals surface area contributed by atoms with Crippen LogP contribution in [-0.4, -0.2) is 27.1 Å². The lowest BCUT2D eigenvalue weighted by molar-refractivity contribution is 0.111. The average molecular weight is 269 g/mol. The highest BCUT2D eigenvalue weighted by molar-refractivity contribution is 7.09. The molecule has 0 aromatic carbocycles. The summed E-state index contributed by atoms with van der Waals surface area (Å²) < 4.78 is 4.39. The Morgan fingerprint density at radius 2 is 1.94 bits per heavy atom. The summed E-state index contributed by atoms with van der Waals surface area (Å²) in [4.78, 5) is 4.53. The Morgan fingerprint density at radius 3 is 2.50 bits per heavy atom. The number of aromatic nitrogens is 2. The van der Waals surface area contributed by atoms with Crippen molar-refractivity contribution in [3.8, 4) is 0 Å². The van der Waals surface area contributed by atoms with Crippen LogP contribution in [0.4, 0.5) is 5.13 Å². The third kappa shape index (κ3) is 3.65. The van der Waals surface area contributed by atoms with Crippen molar-refractivity contribution in [2.45, 2.75) is 58.0 Å². The van der Waals surface area contributed by atoms with E-state index >= 15 is 0 Å². The maximum absolute atomic E-state index is 9.46. The Bertz CT molecular complexity index is 378. The average Bonchev–Trinajstić information content (AvgIpc) is 2.77. The zero-order chi connectivity index (χ0) is 13.2. The van der Waals surface area contributed by atoms with Gasteiger partial charge in [-0.05, 0) is 31.6 Å². The smallest absolute Gasteiger partial charge is 0.202 e. The molecule has 0 radical (unpaired) electrons. The minimum atomic E-state index is -0.0738. The molecule has 0 atom stereocenters. The molecule has 18 heavy (non-hydrogen) atoms. The van der Waals surface area contributed by atoms with Gasteiger partial charge in [0.15, 0.2) is 0 Å². The number of aliphatic hydroxyl groups is 1. The number of anilines is 1. The first-order valence-electron chi connectivity index (χ1n) is 6.71. The van der Waals surface area contributed by atoms with Crippen LogP contribution in [0.3, 0.4) is 0 Å². The zero-order valence-electron chi connectivity index (χ0n) is 11.4. The van der Waals surface area contributed by atoms with Gasteiger partial charge in [0.2, 0.25) is 5.13 Å². The summed E-state index contributed by atoms with van der Waals surface area (Å²) in [6.07, 6.45) is 4.03. The fraction of sp³-hybridized carbons (Fsp3) is 0.846. The second kappa shape index (κ2) is 5.53. The number of nitrogens with zero attached hydrogens (tertiary/aromatic N) is 2. The molecule has 0 saturated heterocycles. The summed E-state index contributed by atoms with van der Waals surface area (Å²) in [7, 11) is 0. The first-order chi connectivity index (χ1) is 8.45. The molecule has 0 spiro atoms. The van der Waals surface area contributed by atoms with Gasteiger partial charge in [-0.2, -0.15) is 4.37 Å². The molecule has 1 aromatic heterocycles. The van der Waals surface area contributed by atoms with Gasteiger partial charge in [0, 0.05) is 23.5 Å². The van der Waals surface area contributed by atoms with Crippen LogP contribution in [-0.2, 0) is 5.41 Å². The van der Waals surface area contributed by atoms with E-state index in [-0.39, 0.29) is 11.5 Å². The molecule has 0 aliphatic heterocycles. The first kappa shape index (κ1) is 13.7. The van der Waals surface area contributed by atoms with Gasteiger partial charge in [-0.3, -0.25) is 0 Å². The zero-order valence-corrected chi connectivity index (χ0v) is 12.3. The van der Waals surface area contributed by atoms with E-state index in [1.807, 2.05) is 0 Å². The summed E-state index contributed by atoms with van der Waals surface area (Å²) in [5, 5.41) is 13.8. The van der Waals surface area contributed by atoms with E-state index in [2.05, 4.69) is 35.4 Å². The Balaban J connectivity index is 1.82. The molecule has 1 saturated carbocycles. The molecule has 5 heteroatoms. The lowest BCUT2D eigenvalue weighted by Gasteiger charge is -2.25. The van der Waals surface area contributed by atoms with Crippen LogP contribution >= 0.6 is 11.5 Å². The van der Waals surface area contributed by atoms with E-state index in [9.17, 15) is 5.11 Å². The molecule has 1 aliphatic carbocycles. The van der Waals surface area contributed by atoms with Crippen molar-refractivity contribution in [1.29, 1.82) is 0 Å². The van der Waals surface area contributed by atoms with Crippen molar-refractivity contribution in [3.63, 3.8) is 0 Å². The summed E-state index contributed by atoms with van der Waals surface area (Å²) in [5.74, 6) is 1.57. The van der Waals surface area contributed by atoms with Crippen molar-refractivity contribution in [2.24, 2.45) is 5.92 Å². The third-order valence-electron chi connectivity index (χ3n) is 3.46. The fourth-order valence-electron chi connectivity index (χ4n) is 2.18. The normalized spacial score (nSPS) is 25.1. The molecule has 0 unspecified atom stereocenters. The summed E-state index contributed by atoms with van der Waals surface area (Å²) >= 11 is 1.44. The standard InChI is InChI=1S/C13H23N3OS/c1-13(2,3)11-15-12(18-16-11)14-8-9-4-6-10(17)7-5-9/h9-10,17H,4-8H2,1-3H3,(H,14,15,16). The molecular weight excluding hydrogens is 246 g/mol. The Kier molecular flexibility index (Phi) is 4.22. The molecule has 2 N–H and O–H groups in total. The monoisotopic (exact) mass is 269 g/mol. The molecule has 1 fully saturated rings. The summed E-state index contributed by atoms with van der Waals surface area (Å²) in [6.45, 7) is 7.33. The third-order valence-corrected chi connectivity index (χ3v) is 4.13. The lowest BCUT2D eigenvalue weighted by atomic mass is 9.87. The van der Waals surface area contributed by atoms with Crippen molar-refractivity contribution in [3.05, 3.63) is 5.82 Å². The highest BCUT2D eigenvalue weighted by atomic mass is 32.1. The molecule has 1 aliphatic rings. The second-order valence-corrected chi connectivity index (χ2v) is 6.98. The SMILES string of the molecule is CC(C)(C)c1nsc(NCC2CCC(O)CC2)n1.